The van der Waals surface area contributed by atoms with Gasteiger partial charge in [-0.15, -0.1) is 0 Å². The number of nitrogens with one attached hydrogen (secondary N) is 2. The smallest absolute Gasteiger partial charge is 0.131 e. The van der Waals surface area contributed by atoms with E-state index in [1.165, 1.54) is 18.9 Å². The Morgan fingerprint density at radius 3 is 2.68 bits per heavy atom. The van der Waals surface area contributed by atoms with Crippen LogP contribution in [0.25, 0.3) is 0 Å². The van der Waals surface area contributed by atoms with Crippen LogP contribution in [0.15, 0.2) is 69.4 Å². The molecule has 0 unspecified atom stereocenters. The van der Waals surface area contributed by atoms with Crippen molar-refractivity contribution in [2.45, 2.75) is 6.54 Å². The van der Waals surface area contributed by atoms with Crippen LogP contribution in [0.2, 0.25) is 0 Å². The molecule has 2 aromatic carbocycles. The molecule has 2 heterocycles. The third-order valence-electron chi connectivity index (χ3n) is 5.30. The molecule has 0 aromatic heterocycles. The second-order valence-corrected chi connectivity index (χ2v) is 7.17. The molecule has 1 saturated heterocycles. The van der Waals surface area contributed by atoms with E-state index in [-0.39, 0.29) is 12.4 Å². The van der Waals surface area contributed by atoms with Crippen LogP contribution in [-0.2, 0) is 6.54 Å². The summed E-state index contributed by atoms with van der Waals surface area (Å²) in [6.07, 6.45) is 1.56. The highest BCUT2D eigenvalue weighted by Gasteiger charge is 2.23. The summed E-state index contributed by atoms with van der Waals surface area (Å²) in [4.78, 5) is 10.8. The summed E-state index contributed by atoms with van der Waals surface area (Å²) in [5, 5.41) is 7.80. The van der Waals surface area contributed by atoms with Gasteiger partial charge in [0, 0.05) is 37.4 Å². The molecule has 0 bridgehead atoms. The molecule has 4 rings (SSSR count). The van der Waals surface area contributed by atoms with E-state index in [2.05, 4.69) is 49.6 Å². The number of aliphatic imine (C=N–C) groups is 2. The predicted octanol–water partition coefficient (Wildman–Crippen LogP) is 2.73. The molecule has 0 amide bonds. The van der Waals surface area contributed by atoms with Crippen molar-refractivity contribution < 1.29 is 9.13 Å². The summed E-state index contributed by atoms with van der Waals surface area (Å²) in [6.45, 7) is 7.56. The van der Waals surface area contributed by atoms with E-state index in [9.17, 15) is 4.39 Å². The number of rotatable bonds is 6. The molecule has 160 valence electrons. The highest BCUT2D eigenvalue weighted by atomic mass is 19.1. The van der Waals surface area contributed by atoms with Crippen molar-refractivity contribution >= 4 is 23.8 Å². The lowest BCUT2D eigenvalue weighted by atomic mass is 10.0. The molecule has 2 aliphatic rings. The number of allylic oxidation sites excluding steroid dienone is 1. The molecular weight excluding hydrogens is 395 g/mol. The summed E-state index contributed by atoms with van der Waals surface area (Å²) in [5.41, 5.74) is 7.34. The van der Waals surface area contributed by atoms with Gasteiger partial charge in [0.15, 0.2) is 0 Å². The molecule has 0 radical (unpaired) electrons. The van der Waals surface area contributed by atoms with Crippen LogP contribution < -0.4 is 20.4 Å². The molecule has 8 heteroatoms. The van der Waals surface area contributed by atoms with Crippen molar-refractivity contribution in [2.24, 2.45) is 15.1 Å². The number of hydrazone groups is 1. The maximum Gasteiger partial charge on any atom is 0.131 e. The lowest BCUT2D eigenvalue weighted by molar-refractivity contribution is 0.405. The molecule has 2 aromatic rings. The minimum Gasteiger partial charge on any atom is -0.496 e. The molecule has 7 nitrogen and oxygen atoms in total. The summed E-state index contributed by atoms with van der Waals surface area (Å²) in [6, 6.07) is 13.0. The molecular formula is C23H25FN6O. The molecule has 31 heavy (non-hydrogen) atoms. The Labute approximate surface area is 181 Å². The van der Waals surface area contributed by atoms with E-state index in [1.807, 2.05) is 12.1 Å². The third kappa shape index (κ3) is 4.49. The van der Waals surface area contributed by atoms with Crippen LogP contribution in [0.4, 0.5) is 10.1 Å². The van der Waals surface area contributed by atoms with Crippen molar-refractivity contribution in [1.82, 2.24) is 10.7 Å². The first-order chi connectivity index (χ1) is 15.2. The molecule has 2 N–H and O–H groups in total. The van der Waals surface area contributed by atoms with Gasteiger partial charge in [-0.1, -0.05) is 18.2 Å². The number of anilines is 1. The van der Waals surface area contributed by atoms with Gasteiger partial charge in [-0.05, 0) is 31.0 Å². The molecule has 0 aliphatic carbocycles. The second kappa shape index (κ2) is 9.53. The standard InChI is InChI=1S/C23H25FN6O/c1-25-15-20-23(27-14-18-19(24)4-3-5-21(18)31-2)22(29-28-20)16-6-8-17(9-7-16)30-12-10-26-11-13-30/h3-9,15,26,28H,1,10-14H2,2H3/b20-15+,27-23?. The van der Waals surface area contributed by atoms with Gasteiger partial charge in [-0.3, -0.25) is 15.4 Å². The lowest BCUT2D eigenvalue weighted by Gasteiger charge is -2.29. The van der Waals surface area contributed by atoms with Crippen molar-refractivity contribution in [1.29, 1.82) is 0 Å². The van der Waals surface area contributed by atoms with Gasteiger partial charge in [0.2, 0.25) is 0 Å². The SMILES string of the molecule is C=N/C=C1/NN=C(c2ccc(N3CCNCC3)cc2)C1=NCc1c(F)cccc1OC. The summed E-state index contributed by atoms with van der Waals surface area (Å²) >= 11 is 0. The van der Waals surface area contributed by atoms with Crippen LogP contribution in [0.1, 0.15) is 11.1 Å². The Balaban J connectivity index is 1.62. The predicted molar refractivity (Wildman–Crippen MR) is 123 cm³/mol. The van der Waals surface area contributed by atoms with E-state index < -0.39 is 0 Å². The van der Waals surface area contributed by atoms with Gasteiger partial charge in [0.1, 0.15) is 28.7 Å². The van der Waals surface area contributed by atoms with E-state index in [1.54, 1.807) is 18.3 Å². The number of hydrogen-bond donors (Lipinski definition) is 2. The van der Waals surface area contributed by atoms with E-state index in [0.29, 0.717) is 28.4 Å². The lowest BCUT2D eigenvalue weighted by Crippen LogP contribution is -2.43. The Kier molecular flexibility index (Phi) is 6.37. The number of benzene rings is 2. The van der Waals surface area contributed by atoms with Crippen LogP contribution in [0.5, 0.6) is 5.75 Å². The van der Waals surface area contributed by atoms with Crippen LogP contribution in [-0.4, -0.2) is 51.4 Å². The average Bonchev–Trinajstić information content (AvgIpc) is 3.21. The first-order valence-corrected chi connectivity index (χ1v) is 10.1. The van der Waals surface area contributed by atoms with E-state index in [0.717, 1.165) is 31.7 Å². The first kappa shape index (κ1) is 20.7. The zero-order chi connectivity index (χ0) is 21.6. The Bertz CT molecular complexity index is 1040. The second-order valence-electron chi connectivity index (χ2n) is 7.17. The average molecular weight is 420 g/mol. The fourth-order valence-corrected chi connectivity index (χ4v) is 3.69. The van der Waals surface area contributed by atoms with Crippen molar-refractivity contribution in [2.75, 3.05) is 38.2 Å². The summed E-state index contributed by atoms with van der Waals surface area (Å²) in [7, 11) is 1.52. The number of methoxy groups -OCH3 is 1. The van der Waals surface area contributed by atoms with Gasteiger partial charge >= 0.3 is 0 Å². The largest absolute Gasteiger partial charge is 0.496 e. The number of hydrogen-bond acceptors (Lipinski definition) is 7. The Morgan fingerprint density at radius 1 is 1.19 bits per heavy atom. The van der Waals surface area contributed by atoms with Crippen LogP contribution >= 0.6 is 0 Å². The molecule has 0 saturated carbocycles. The van der Waals surface area contributed by atoms with Crippen molar-refractivity contribution in [3.8, 4) is 5.75 Å². The molecule has 1 fully saturated rings. The molecule has 0 spiro atoms. The normalized spacial score (nSPS) is 18.8. The van der Waals surface area contributed by atoms with Gasteiger partial charge in [0.05, 0.1) is 25.4 Å². The van der Waals surface area contributed by atoms with Crippen LogP contribution in [0, 0.1) is 5.82 Å². The highest BCUT2D eigenvalue weighted by Crippen LogP contribution is 2.24. The monoisotopic (exact) mass is 420 g/mol. The van der Waals surface area contributed by atoms with Gasteiger partial charge in [-0.2, -0.15) is 5.10 Å². The number of piperazine rings is 1. The zero-order valence-corrected chi connectivity index (χ0v) is 17.4. The number of halogens is 1. The highest BCUT2D eigenvalue weighted by molar-refractivity contribution is 6.54. The maximum atomic E-state index is 14.4. The number of ether oxygens (including phenoxy) is 1. The Hall–Kier alpha value is -3.52. The topological polar surface area (TPSA) is 73.6 Å². The third-order valence-corrected chi connectivity index (χ3v) is 5.30. The quantitative estimate of drug-likeness (QED) is 0.705. The molecule has 2 aliphatic heterocycles. The van der Waals surface area contributed by atoms with E-state index in [4.69, 9.17) is 4.74 Å². The van der Waals surface area contributed by atoms with Gasteiger partial charge in [-0.25, -0.2) is 4.39 Å². The first-order valence-electron chi connectivity index (χ1n) is 10.1. The summed E-state index contributed by atoms with van der Waals surface area (Å²) in [5.74, 6) is 0.0995. The molecule has 0 atom stereocenters. The minimum absolute atomic E-state index is 0.110. The van der Waals surface area contributed by atoms with Crippen LogP contribution in [0.3, 0.4) is 0 Å². The fraction of sp³-hybridized carbons (Fsp3) is 0.261. The van der Waals surface area contributed by atoms with Gasteiger partial charge < -0.3 is 15.0 Å². The zero-order valence-electron chi connectivity index (χ0n) is 17.4. The summed E-state index contributed by atoms with van der Waals surface area (Å²) < 4.78 is 19.6. The van der Waals surface area contributed by atoms with Crippen molar-refractivity contribution in [3.63, 3.8) is 0 Å². The number of nitrogens with zero attached hydrogens (tertiary/aromatic N) is 4. The van der Waals surface area contributed by atoms with E-state index >= 15 is 0 Å². The van der Waals surface area contributed by atoms with Gasteiger partial charge in [0.25, 0.3) is 0 Å². The fourth-order valence-electron chi connectivity index (χ4n) is 3.69. The Morgan fingerprint density at radius 2 is 1.97 bits per heavy atom. The maximum absolute atomic E-state index is 14.4. The minimum atomic E-state index is -0.360. The van der Waals surface area contributed by atoms with Crippen molar-refractivity contribution in [3.05, 3.63) is 71.3 Å².